The van der Waals surface area contributed by atoms with Crippen molar-refractivity contribution in [3.8, 4) is 0 Å². The summed E-state index contributed by atoms with van der Waals surface area (Å²) in [6.07, 6.45) is 1.84. The Labute approximate surface area is 96.4 Å². The molecule has 0 radical (unpaired) electrons. The van der Waals surface area contributed by atoms with E-state index < -0.39 is 0 Å². The quantitative estimate of drug-likeness (QED) is 0.701. The molecule has 0 aromatic carbocycles. The van der Waals surface area contributed by atoms with Gasteiger partial charge in [-0.25, -0.2) is 0 Å². The predicted molar refractivity (Wildman–Crippen MR) is 64.7 cm³/mol. The molecule has 1 rings (SSSR count). The highest BCUT2D eigenvalue weighted by Gasteiger charge is 2.17. The normalized spacial score (nSPS) is 17.8. The predicted octanol–water partition coefficient (Wildman–Crippen LogP) is 0.217. The van der Waals surface area contributed by atoms with Crippen LogP contribution in [0.5, 0.6) is 0 Å². The Kier molecular flexibility index (Phi) is 4.98. The zero-order valence-electron chi connectivity index (χ0n) is 9.24. The summed E-state index contributed by atoms with van der Waals surface area (Å²) in [6.45, 7) is 6.30. The topological polar surface area (TPSA) is 49.6 Å². The van der Waals surface area contributed by atoms with E-state index in [2.05, 4.69) is 4.90 Å². The van der Waals surface area contributed by atoms with Gasteiger partial charge in [0, 0.05) is 33.1 Å². The van der Waals surface area contributed by atoms with E-state index in [0.717, 1.165) is 45.6 Å². The van der Waals surface area contributed by atoms with Gasteiger partial charge in [0.05, 0.1) is 4.99 Å². The van der Waals surface area contributed by atoms with Crippen LogP contribution in [0.25, 0.3) is 0 Å². The lowest BCUT2D eigenvalue weighted by Crippen LogP contribution is -2.48. The van der Waals surface area contributed by atoms with E-state index in [0.29, 0.717) is 4.99 Å². The van der Waals surface area contributed by atoms with Crippen molar-refractivity contribution in [3.05, 3.63) is 0 Å². The molecule has 0 atom stereocenters. The Morgan fingerprint density at radius 1 is 1.33 bits per heavy atom. The molecule has 0 aromatic heterocycles. The van der Waals surface area contributed by atoms with Gasteiger partial charge < -0.3 is 10.6 Å². The molecule has 0 unspecified atom stereocenters. The Hall–Kier alpha value is -0.680. The molecular formula is C10H19N3OS. The minimum absolute atomic E-state index is 0.179. The number of piperazine rings is 1. The van der Waals surface area contributed by atoms with E-state index in [1.807, 2.05) is 4.90 Å². The number of thiocarbonyl (C=S) groups is 1. The summed E-state index contributed by atoms with van der Waals surface area (Å²) in [6, 6.07) is 0. The summed E-state index contributed by atoms with van der Waals surface area (Å²) in [4.78, 5) is 15.9. The van der Waals surface area contributed by atoms with Gasteiger partial charge in [-0.15, -0.1) is 0 Å². The van der Waals surface area contributed by atoms with Crippen LogP contribution >= 0.6 is 12.2 Å². The molecule has 0 saturated carbocycles. The lowest BCUT2D eigenvalue weighted by molar-refractivity contribution is -0.130. The van der Waals surface area contributed by atoms with Crippen LogP contribution < -0.4 is 5.73 Å². The highest BCUT2D eigenvalue weighted by Crippen LogP contribution is 2.03. The highest BCUT2D eigenvalue weighted by molar-refractivity contribution is 7.80. The molecule has 0 aliphatic carbocycles. The fourth-order valence-electron chi connectivity index (χ4n) is 1.76. The van der Waals surface area contributed by atoms with Crippen LogP contribution in [0.15, 0.2) is 0 Å². The molecule has 1 aliphatic rings. The number of carbonyl (C=O) groups is 1. The van der Waals surface area contributed by atoms with Gasteiger partial charge in [0.1, 0.15) is 0 Å². The summed E-state index contributed by atoms with van der Waals surface area (Å²) in [7, 11) is 0. The van der Waals surface area contributed by atoms with E-state index >= 15 is 0 Å². The summed E-state index contributed by atoms with van der Waals surface area (Å²) in [5.41, 5.74) is 5.43. The molecule has 1 aliphatic heterocycles. The molecule has 2 N–H and O–H groups in total. The molecule has 4 nitrogen and oxygen atoms in total. The molecule has 1 fully saturated rings. The second-order valence-electron chi connectivity index (χ2n) is 3.92. The molecule has 0 aromatic rings. The van der Waals surface area contributed by atoms with Crippen LogP contribution in [-0.2, 0) is 4.79 Å². The first-order valence-electron chi connectivity index (χ1n) is 5.36. The van der Waals surface area contributed by atoms with E-state index in [1.54, 1.807) is 6.92 Å². The van der Waals surface area contributed by atoms with Crippen LogP contribution in [0.3, 0.4) is 0 Å². The van der Waals surface area contributed by atoms with Gasteiger partial charge in [0.2, 0.25) is 5.91 Å². The third-order valence-electron chi connectivity index (χ3n) is 2.72. The molecule has 5 heteroatoms. The lowest BCUT2D eigenvalue weighted by atomic mass is 10.2. The number of carbonyl (C=O) groups excluding carboxylic acids is 1. The van der Waals surface area contributed by atoms with Crippen LogP contribution in [0.2, 0.25) is 0 Å². The van der Waals surface area contributed by atoms with Crippen LogP contribution in [0, 0.1) is 0 Å². The van der Waals surface area contributed by atoms with Gasteiger partial charge in [-0.05, 0) is 19.4 Å². The van der Waals surface area contributed by atoms with E-state index in [9.17, 15) is 4.79 Å². The molecule has 1 saturated heterocycles. The second-order valence-corrected chi connectivity index (χ2v) is 4.44. The summed E-state index contributed by atoms with van der Waals surface area (Å²) >= 11 is 4.82. The van der Waals surface area contributed by atoms with Gasteiger partial charge in [0.25, 0.3) is 0 Å². The Balaban J connectivity index is 2.14. The van der Waals surface area contributed by atoms with Gasteiger partial charge in [0.15, 0.2) is 0 Å². The molecule has 0 bridgehead atoms. The van der Waals surface area contributed by atoms with Crippen molar-refractivity contribution in [2.24, 2.45) is 5.73 Å². The third kappa shape index (κ3) is 4.57. The monoisotopic (exact) mass is 229 g/mol. The lowest BCUT2D eigenvalue weighted by Gasteiger charge is -2.34. The van der Waals surface area contributed by atoms with E-state index in [1.165, 1.54) is 0 Å². The Morgan fingerprint density at radius 3 is 2.40 bits per heavy atom. The third-order valence-corrected chi connectivity index (χ3v) is 2.92. The second kappa shape index (κ2) is 6.02. The number of rotatable bonds is 4. The van der Waals surface area contributed by atoms with Crippen molar-refractivity contribution < 1.29 is 4.79 Å². The first-order chi connectivity index (χ1) is 7.09. The van der Waals surface area contributed by atoms with E-state index in [-0.39, 0.29) is 5.91 Å². The molecule has 15 heavy (non-hydrogen) atoms. The minimum atomic E-state index is 0.179. The average Bonchev–Trinajstić information content (AvgIpc) is 2.18. The maximum absolute atomic E-state index is 11.1. The number of amides is 1. The zero-order chi connectivity index (χ0) is 11.3. The molecular weight excluding hydrogens is 210 g/mol. The summed E-state index contributed by atoms with van der Waals surface area (Å²) in [5, 5.41) is 0. The van der Waals surface area contributed by atoms with Crippen molar-refractivity contribution >= 4 is 23.1 Å². The smallest absolute Gasteiger partial charge is 0.219 e. The highest BCUT2D eigenvalue weighted by atomic mass is 32.1. The van der Waals surface area contributed by atoms with Gasteiger partial charge in [-0.3, -0.25) is 9.69 Å². The minimum Gasteiger partial charge on any atom is -0.393 e. The van der Waals surface area contributed by atoms with Crippen molar-refractivity contribution in [2.45, 2.75) is 19.8 Å². The first kappa shape index (κ1) is 12.4. The van der Waals surface area contributed by atoms with Crippen molar-refractivity contribution in [1.82, 2.24) is 9.80 Å². The Bertz CT molecular complexity index is 234. The summed E-state index contributed by atoms with van der Waals surface area (Å²) in [5.74, 6) is 0.179. The molecule has 1 heterocycles. The largest absolute Gasteiger partial charge is 0.393 e. The fourth-order valence-corrected chi connectivity index (χ4v) is 1.91. The number of nitrogens with zero attached hydrogens (tertiary/aromatic N) is 2. The van der Waals surface area contributed by atoms with Gasteiger partial charge in [-0.1, -0.05) is 12.2 Å². The fraction of sp³-hybridized carbons (Fsp3) is 0.800. The first-order valence-corrected chi connectivity index (χ1v) is 5.76. The van der Waals surface area contributed by atoms with Crippen molar-refractivity contribution in [1.29, 1.82) is 0 Å². The zero-order valence-corrected chi connectivity index (χ0v) is 10.1. The van der Waals surface area contributed by atoms with Gasteiger partial charge >= 0.3 is 0 Å². The number of hydrogen-bond donors (Lipinski definition) is 1. The number of hydrogen-bond acceptors (Lipinski definition) is 3. The SMILES string of the molecule is CC(=O)N1CCN(CCCC(N)=S)CC1. The maximum Gasteiger partial charge on any atom is 0.219 e. The van der Waals surface area contributed by atoms with E-state index in [4.69, 9.17) is 18.0 Å². The number of nitrogens with two attached hydrogens (primary N) is 1. The molecule has 0 spiro atoms. The van der Waals surface area contributed by atoms with Gasteiger partial charge in [-0.2, -0.15) is 0 Å². The molecule has 86 valence electrons. The standard InChI is InChI=1S/C10H19N3OS/c1-9(14)13-7-5-12(6-8-13)4-2-3-10(11)15/h2-8H2,1H3,(H2,11,15). The van der Waals surface area contributed by atoms with Crippen LogP contribution in [0.4, 0.5) is 0 Å². The average molecular weight is 229 g/mol. The van der Waals surface area contributed by atoms with Crippen molar-refractivity contribution in [2.75, 3.05) is 32.7 Å². The maximum atomic E-state index is 11.1. The van der Waals surface area contributed by atoms with Crippen LogP contribution in [-0.4, -0.2) is 53.4 Å². The molecule has 1 amide bonds. The summed E-state index contributed by atoms with van der Waals surface area (Å²) < 4.78 is 0. The van der Waals surface area contributed by atoms with Crippen molar-refractivity contribution in [3.63, 3.8) is 0 Å². The Morgan fingerprint density at radius 2 is 1.93 bits per heavy atom. The van der Waals surface area contributed by atoms with Crippen LogP contribution in [0.1, 0.15) is 19.8 Å².